The second kappa shape index (κ2) is 8.14. The average molecular weight is 407 g/mol. The molecule has 6 nitrogen and oxygen atoms in total. The molecule has 0 bridgehead atoms. The summed E-state index contributed by atoms with van der Waals surface area (Å²) in [4.78, 5) is 27.5. The van der Waals surface area contributed by atoms with Gasteiger partial charge >= 0.3 is 0 Å². The standard InChI is InChI=1S/C22H21N3O3S/c23-22-20(21(26)16-9-5-2-6-10-16)17-11-12-24(14-19(17)29-22)13-18(25(27)28)15-7-3-1-4-8-15/h1-10,18H,11-14,23H2. The number of hydrogen-bond acceptors (Lipinski definition) is 6. The Kier molecular flexibility index (Phi) is 5.42. The van der Waals surface area contributed by atoms with E-state index in [1.165, 1.54) is 11.3 Å². The van der Waals surface area contributed by atoms with Crippen molar-refractivity contribution >= 4 is 22.1 Å². The van der Waals surface area contributed by atoms with Crippen LogP contribution in [-0.4, -0.2) is 28.7 Å². The number of ketones is 1. The summed E-state index contributed by atoms with van der Waals surface area (Å²) in [5, 5.41) is 12.2. The zero-order valence-electron chi connectivity index (χ0n) is 15.8. The molecule has 1 aliphatic heterocycles. The highest BCUT2D eigenvalue weighted by Crippen LogP contribution is 2.37. The Morgan fingerprint density at radius 3 is 2.45 bits per heavy atom. The third-order valence-corrected chi connectivity index (χ3v) is 6.34. The molecule has 0 spiro atoms. The highest BCUT2D eigenvalue weighted by atomic mass is 32.1. The van der Waals surface area contributed by atoms with Crippen LogP contribution >= 0.6 is 11.3 Å². The van der Waals surface area contributed by atoms with Crippen LogP contribution in [0.25, 0.3) is 0 Å². The molecule has 0 amide bonds. The van der Waals surface area contributed by atoms with Crippen molar-refractivity contribution in [2.75, 3.05) is 18.8 Å². The lowest BCUT2D eigenvalue weighted by atomic mass is 9.96. The number of fused-ring (bicyclic) bond motifs is 1. The topological polar surface area (TPSA) is 89.5 Å². The van der Waals surface area contributed by atoms with Gasteiger partial charge in [-0.2, -0.15) is 0 Å². The van der Waals surface area contributed by atoms with Crippen LogP contribution in [0, 0.1) is 10.1 Å². The summed E-state index contributed by atoms with van der Waals surface area (Å²) >= 11 is 1.42. The van der Waals surface area contributed by atoms with E-state index in [4.69, 9.17) is 5.73 Å². The molecular weight excluding hydrogens is 386 g/mol. The number of nitrogens with two attached hydrogens (primary N) is 1. The molecule has 1 aromatic heterocycles. The van der Waals surface area contributed by atoms with Crippen molar-refractivity contribution < 1.29 is 9.72 Å². The van der Waals surface area contributed by atoms with Crippen LogP contribution in [0.15, 0.2) is 60.7 Å². The van der Waals surface area contributed by atoms with Gasteiger partial charge in [0.25, 0.3) is 6.04 Å². The Hall–Kier alpha value is -3.03. The van der Waals surface area contributed by atoms with Gasteiger partial charge in [0.1, 0.15) is 0 Å². The first kappa shape index (κ1) is 19.3. The molecule has 2 aromatic carbocycles. The Labute approximate surface area is 172 Å². The fourth-order valence-corrected chi connectivity index (χ4v) is 4.99. The fraction of sp³-hybridized carbons (Fsp3) is 0.227. The predicted octanol–water partition coefficient (Wildman–Crippen LogP) is 3.94. The van der Waals surface area contributed by atoms with Crippen LogP contribution in [0.5, 0.6) is 0 Å². The Bertz CT molecular complexity index is 1030. The third kappa shape index (κ3) is 3.92. The van der Waals surface area contributed by atoms with E-state index in [0.717, 1.165) is 10.4 Å². The summed E-state index contributed by atoms with van der Waals surface area (Å²) in [5.74, 6) is -0.0542. The van der Waals surface area contributed by atoms with Crippen molar-refractivity contribution in [3.05, 3.63) is 97.9 Å². The number of nitro groups is 1. The van der Waals surface area contributed by atoms with Crippen molar-refractivity contribution in [2.45, 2.75) is 19.0 Å². The fourth-order valence-electron chi connectivity index (χ4n) is 3.83. The number of rotatable bonds is 6. The SMILES string of the molecule is Nc1sc2c(c1C(=O)c1ccccc1)CCN(CC(c1ccccc1)[N+](=O)[O-])C2. The van der Waals surface area contributed by atoms with Crippen LogP contribution in [0.1, 0.15) is 38.0 Å². The van der Waals surface area contributed by atoms with E-state index in [9.17, 15) is 14.9 Å². The van der Waals surface area contributed by atoms with Gasteiger partial charge in [0, 0.05) is 34.0 Å². The number of anilines is 1. The second-order valence-electron chi connectivity index (χ2n) is 7.14. The minimum atomic E-state index is -0.777. The Morgan fingerprint density at radius 1 is 1.14 bits per heavy atom. The molecule has 29 heavy (non-hydrogen) atoms. The highest BCUT2D eigenvalue weighted by molar-refractivity contribution is 7.16. The minimum Gasteiger partial charge on any atom is -0.390 e. The quantitative estimate of drug-likeness (QED) is 0.380. The molecule has 7 heteroatoms. The molecule has 3 aromatic rings. The lowest BCUT2D eigenvalue weighted by Gasteiger charge is -2.28. The molecule has 2 N–H and O–H groups in total. The molecule has 4 rings (SSSR count). The molecule has 0 saturated heterocycles. The van der Waals surface area contributed by atoms with Gasteiger partial charge in [-0.25, -0.2) is 0 Å². The van der Waals surface area contributed by atoms with Crippen molar-refractivity contribution in [1.82, 2.24) is 4.90 Å². The number of nitrogen functional groups attached to an aromatic ring is 1. The van der Waals surface area contributed by atoms with Crippen molar-refractivity contribution in [2.24, 2.45) is 0 Å². The smallest absolute Gasteiger partial charge is 0.250 e. The second-order valence-corrected chi connectivity index (χ2v) is 8.27. The monoisotopic (exact) mass is 407 g/mol. The number of carbonyl (C=O) groups is 1. The van der Waals surface area contributed by atoms with Crippen LogP contribution in [-0.2, 0) is 13.0 Å². The molecule has 0 fully saturated rings. The van der Waals surface area contributed by atoms with E-state index in [-0.39, 0.29) is 10.7 Å². The first-order valence-electron chi connectivity index (χ1n) is 9.45. The van der Waals surface area contributed by atoms with Crippen molar-refractivity contribution in [1.29, 1.82) is 0 Å². The molecule has 0 saturated carbocycles. The molecule has 0 radical (unpaired) electrons. The Morgan fingerprint density at radius 2 is 1.79 bits per heavy atom. The van der Waals surface area contributed by atoms with Gasteiger partial charge in [-0.05, 0) is 12.0 Å². The first-order chi connectivity index (χ1) is 14.0. The summed E-state index contributed by atoms with van der Waals surface area (Å²) in [5.41, 5.74) is 9.14. The maximum Gasteiger partial charge on any atom is 0.250 e. The molecule has 1 unspecified atom stereocenters. The lowest BCUT2D eigenvalue weighted by molar-refractivity contribution is -0.529. The first-order valence-corrected chi connectivity index (χ1v) is 10.3. The predicted molar refractivity (Wildman–Crippen MR) is 114 cm³/mol. The average Bonchev–Trinajstić information content (AvgIpc) is 3.07. The van der Waals surface area contributed by atoms with E-state index in [1.54, 1.807) is 24.3 Å². The van der Waals surface area contributed by atoms with E-state index in [2.05, 4.69) is 4.90 Å². The normalized spacial score (nSPS) is 14.9. The number of benzene rings is 2. The molecular formula is C22H21N3O3S. The largest absolute Gasteiger partial charge is 0.390 e. The van der Waals surface area contributed by atoms with E-state index < -0.39 is 6.04 Å². The van der Waals surface area contributed by atoms with Gasteiger partial charge in [0.2, 0.25) is 0 Å². The third-order valence-electron chi connectivity index (χ3n) is 5.30. The van der Waals surface area contributed by atoms with E-state index >= 15 is 0 Å². The summed E-state index contributed by atoms with van der Waals surface area (Å²) < 4.78 is 0. The molecule has 148 valence electrons. The Balaban J connectivity index is 1.55. The van der Waals surface area contributed by atoms with Gasteiger partial charge < -0.3 is 5.73 Å². The lowest BCUT2D eigenvalue weighted by Crippen LogP contribution is -2.35. The summed E-state index contributed by atoms with van der Waals surface area (Å²) in [6.07, 6.45) is 0.663. The maximum absolute atomic E-state index is 13.0. The molecule has 0 aliphatic carbocycles. The highest BCUT2D eigenvalue weighted by Gasteiger charge is 2.31. The summed E-state index contributed by atoms with van der Waals surface area (Å²) in [7, 11) is 0. The van der Waals surface area contributed by atoms with E-state index in [1.807, 2.05) is 36.4 Å². The van der Waals surface area contributed by atoms with Gasteiger partial charge in [0.05, 0.1) is 17.1 Å². The zero-order valence-corrected chi connectivity index (χ0v) is 16.6. The van der Waals surface area contributed by atoms with Crippen LogP contribution in [0.2, 0.25) is 0 Å². The van der Waals surface area contributed by atoms with Crippen LogP contribution in [0.4, 0.5) is 5.00 Å². The van der Waals surface area contributed by atoms with Crippen LogP contribution < -0.4 is 5.73 Å². The van der Waals surface area contributed by atoms with Gasteiger partial charge in [-0.15, -0.1) is 11.3 Å². The maximum atomic E-state index is 13.0. The van der Waals surface area contributed by atoms with Crippen molar-refractivity contribution in [3.8, 4) is 0 Å². The summed E-state index contributed by atoms with van der Waals surface area (Å²) in [6.45, 7) is 1.56. The van der Waals surface area contributed by atoms with Gasteiger partial charge in [0.15, 0.2) is 5.78 Å². The number of thiophene rings is 1. The summed E-state index contributed by atoms with van der Waals surface area (Å²) in [6, 6.07) is 17.4. The van der Waals surface area contributed by atoms with E-state index in [0.29, 0.717) is 47.7 Å². The molecule has 2 heterocycles. The molecule has 1 aliphatic rings. The number of carbonyl (C=O) groups excluding carboxylic acids is 1. The zero-order chi connectivity index (χ0) is 20.4. The van der Waals surface area contributed by atoms with Crippen LogP contribution in [0.3, 0.4) is 0 Å². The van der Waals surface area contributed by atoms with Gasteiger partial charge in [-0.1, -0.05) is 60.7 Å². The number of hydrogen-bond donors (Lipinski definition) is 1. The molecule has 1 atom stereocenters. The number of nitrogens with zero attached hydrogens (tertiary/aromatic N) is 2. The van der Waals surface area contributed by atoms with Gasteiger partial charge in [-0.3, -0.25) is 19.8 Å². The minimum absolute atomic E-state index is 0.0542. The van der Waals surface area contributed by atoms with Crippen molar-refractivity contribution in [3.63, 3.8) is 0 Å².